The van der Waals surface area contributed by atoms with Crippen molar-refractivity contribution in [1.29, 1.82) is 0 Å². The van der Waals surface area contributed by atoms with Crippen LogP contribution in [0.15, 0.2) is 6.20 Å². The number of aromatic nitrogens is 2. The number of aromatic amines is 1. The van der Waals surface area contributed by atoms with Crippen LogP contribution in [0.1, 0.15) is 19.8 Å². The first-order chi connectivity index (χ1) is 7.79. The van der Waals surface area contributed by atoms with E-state index in [2.05, 4.69) is 27.3 Å². The van der Waals surface area contributed by atoms with Gasteiger partial charge in [-0.25, -0.2) is 0 Å². The lowest BCUT2D eigenvalue weighted by atomic mass is 9.97. The molecule has 5 nitrogen and oxygen atoms in total. The zero-order chi connectivity index (χ0) is 11.4. The van der Waals surface area contributed by atoms with Crippen LogP contribution in [0, 0.1) is 5.92 Å². The monoisotopic (exact) mass is 223 g/mol. The van der Waals surface area contributed by atoms with Crippen molar-refractivity contribution in [3.63, 3.8) is 0 Å². The highest BCUT2D eigenvalue weighted by atomic mass is 15.2. The van der Waals surface area contributed by atoms with Crippen molar-refractivity contribution in [3.8, 4) is 0 Å². The van der Waals surface area contributed by atoms with Gasteiger partial charge in [-0.2, -0.15) is 5.10 Å². The molecule has 2 heterocycles. The molecule has 1 saturated heterocycles. The van der Waals surface area contributed by atoms with Crippen LogP contribution >= 0.6 is 0 Å². The topological polar surface area (TPSA) is 70.0 Å². The summed E-state index contributed by atoms with van der Waals surface area (Å²) in [6.07, 6.45) is 4.30. The van der Waals surface area contributed by atoms with Crippen LogP contribution in [-0.4, -0.2) is 41.3 Å². The lowest BCUT2D eigenvalue weighted by Gasteiger charge is -2.31. The lowest BCUT2D eigenvalue weighted by Crippen LogP contribution is -2.35. The summed E-state index contributed by atoms with van der Waals surface area (Å²) in [4.78, 5) is 2.50. The Morgan fingerprint density at radius 2 is 2.31 bits per heavy atom. The Morgan fingerprint density at radius 1 is 1.56 bits per heavy atom. The minimum absolute atomic E-state index is 0.631. The Morgan fingerprint density at radius 3 is 2.88 bits per heavy atom. The highest BCUT2D eigenvalue weighted by Gasteiger charge is 2.17. The predicted octanol–water partition coefficient (Wildman–Crippen LogP) is 1.14. The molecule has 0 aromatic carbocycles. The molecule has 16 heavy (non-hydrogen) atoms. The van der Waals surface area contributed by atoms with Crippen LogP contribution in [0.2, 0.25) is 0 Å². The van der Waals surface area contributed by atoms with Crippen molar-refractivity contribution in [2.45, 2.75) is 19.8 Å². The van der Waals surface area contributed by atoms with Gasteiger partial charge in [0.05, 0.1) is 11.9 Å². The number of hydrogen-bond donors (Lipinski definition) is 3. The number of H-pyrrole nitrogens is 1. The SMILES string of the molecule is CCN1CCC(CNc2cn[nH]c2N)CC1. The molecule has 0 aliphatic carbocycles. The maximum atomic E-state index is 5.71. The number of piperidine rings is 1. The zero-order valence-corrected chi connectivity index (χ0v) is 9.87. The van der Waals surface area contributed by atoms with Crippen molar-refractivity contribution in [3.05, 3.63) is 6.20 Å². The number of nitrogens with zero attached hydrogens (tertiary/aromatic N) is 2. The molecule has 0 atom stereocenters. The van der Waals surface area contributed by atoms with E-state index in [1.165, 1.54) is 32.5 Å². The fourth-order valence-electron chi connectivity index (χ4n) is 2.20. The Bertz CT molecular complexity index is 314. The lowest BCUT2D eigenvalue weighted by molar-refractivity contribution is 0.198. The summed E-state index contributed by atoms with van der Waals surface area (Å²) in [7, 11) is 0. The van der Waals surface area contributed by atoms with E-state index in [0.717, 1.165) is 18.2 Å². The van der Waals surface area contributed by atoms with Crippen LogP contribution in [0.3, 0.4) is 0 Å². The fraction of sp³-hybridized carbons (Fsp3) is 0.727. The summed E-state index contributed by atoms with van der Waals surface area (Å²) in [6, 6.07) is 0. The molecule has 0 spiro atoms. The van der Waals surface area contributed by atoms with Crippen molar-refractivity contribution < 1.29 is 0 Å². The molecule has 90 valence electrons. The van der Waals surface area contributed by atoms with Crippen LogP contribution in [0.4, 0.5) is 11.5 Å². The average Bonchev–Trinajstić information content (AvgIpc) is 2.73. The van der Waals surface area contributed by atoms with E-state index >= 15 is 0 Å². The number of nitrogens with one attached hydrogen (secondary N) is 2. The Balaban J connectivity index is 1.73. The van der Waals surface area contributed by atoms with E-state index in [-0.39, 0.29) is 0 Å². The molecule has 1 aromatic heterocycles. The second kappa shape index (κ2) is 5.21. The second-order valence-electron chi connectivity index (χ2n) is 4.46. The number of rotatable bonds is 4. The highest BCUT2D eigenvalue weighted by Crippen LogP contribution is 2.19. The summed E-state index contributed by atoms with van der Waals surface area (Å²) in [5.74, 6) is 1.39. The van der Waals surface area contributed by atoms with E-state index in [1.54, 1.807) is 6.20 Å². The minimum atomic E-state index is 0.631. The molecule has 0 saturated carbocycles. The quantitative estimate of drug-likeness (QED) is 0.716. The van der Waals surface area contributed by atoms with Crippen molar-refractivity contribution in [2.75, 3.05) is 37.2 Å². The largest absolute Gasteiger partial charge is 0.382 e. The van der Waals surface area contributed by atoms with Crippen LogP contribution in [0.25, 0.3) is 0 Å². The standard InChI is InChI=1S/C11H21N5/c1-2-16-5-3-9(4-6-16)7-13-10-8-14-15-11(10)12/h8-9,13H,2-7H2,1H3,(H3,12,14,15). The first-order valence-corrected chi connectivity index (χ1v) is 6.04. The van der Waals surface area contributed by atoms with Gasteiger partial charge in [0.2, 0.25) is 0 Å². The second-order valence-corrected chi connectivity index (χ2v) is 4.46. The van der Waals surface area contributed by atoms with Crippen molar-refractivity contribution >= 4 is 11.5 Å². The van der Waals surface area contributed by atoms with E-state index in [1.807, 2.05) is 0 Å². The Labute approximate surface area is 96.4 Å². The molecular weight excluding hydrogens is 202 g/mol. The molecule has 4 N–H and O–H groups in total. The van der Waals surface area contributed by atoms with E-state index in [4.69, 9.17) is 5.73 Å². The number of nitrogen functional groups attached to an aromatic ring is 1. The predicted molar refractivity (Wildman–Crippen MR) is 66.3 cm³/mol. The number of nitrogens with two attached hydrogens (primary N) is 1. The third kappa shape index (κ3) is 2.66. The first kappa shape index (κ1) is 11.3. The molecule has 1 aliphatic rings. The van der Waals surface area contributed by atoms with Crippen LogP contribution in [0.5, 0.6) is 0 Å². The van der Waals surface area contributed by atoms with E-state index in [9.17, 15) is 0 Å². The van der Waals surface area contributed by atoms with Gasteiger partial charge < -0.3 is 16.0 Å². The van der Waals surface area contributed by atoms with Gasteiger partial charge in [0.15, 0.2) is 0 Å². The van der Waals surface area contributed by atoms with Gasteiger partial charge >= 0.3 is 0 Å². The summed E-state index contributed by atoms with van der Waals surface area (Å²) >= 11 is 0. The maximum absolute atomic E-state index is 5.71. The van der Waals surface area contributed by atoms with Gasteiger partial charge in [-0.05, 0) is 38.4 Å². The summed E-state index contributed by atoms with van der Waals surface area (Å²) in [5, 5.41) is 9.98. The molecule has 1 aliphatic heterocycles. The number of anilines is 2. The Hall–Kier alpha value is -1.23. The van der Waals surface area contributed by atoms with E-state index in [0.29, 0.717) is 5.82 Å². The van der Waals surface area contributed by atoms with Crippen LogP contribution < -0.4 is 11.1 Å². The summed E-state index contributed by atoms with van der Waals surface area (Å²) in [5.41, 5.74) is 6.64. The molecule has 0 amide bonds. The van der Waals surface area contributed by atoms with Gasteiger partial charge in [0.25, 0.3) is 0 Å². The third-order valence-corrected chi connectivity index (χ3v) is 3.40. The molecule has 0 bridgehead atoms. The smallest absolute Gasteiger partial charge is 0.142 e. The number of hydrogen-bond acceptors (Lipinski definition) is 4. The summed E-state index contributed by atoms with van der Waals surface area (Å²) in [6.45, 7) is 6.86. The first-order valence-electron chi connectivity index (χ1n) is 6.04. The number of likely N-dealkylation sites (tertiary alicyclic amines) is 1. The molecular formula is C11H21N5. The normalized spacial score (nSPS) is 18.8. The minimum Gasteiger partial charge on any atom is -0.382 e. The molecule has 2 rings (SSSR count). The average molecular weight is 223 g/mol. The van der Waals surface area contributed by atoms with Gasteiger partial charge in [-0.3, -0.25) is 5.10 Å². The van der Waals surface area contributed by atoms with Gasteiger partial charge in [0.1, 0.15) is 5.82 Å². The Kier molecular flexibility index (Phi) is 3.66. The molecule has 5 heteroatoms. The van der Waals surface area contributed by atoms with Gasteiger partial charge in [-0.1, -0.05) is 6.92 Å². The van der Waals surface area contributed by atoms with Crippen LogP contribution in [-0.2, 0) is 0 Å². The molecule has 0 radical (unpaired) electrons. The molecule has 1 aromatic rings. The van der Waals surface area contributed by atoms with Crippen molar-refractivity contribution in [2.24, 2.45) is 5.92 Å². The molecule has 1 fully saturated rings. The van der Waals surface area contributed by atoms with Gasteiger partial charge in [-0.15, -0.1) is 0 Å². The zero-order valence-electron chi connectivity index (χ0n) is 9.87. The fourth-order valence-corrected chi connectivity index (χ4v) is 2.20. The molecule has 0 unspecified atom stereocenters. The highest BCUT2D eigenvalue weighted by molar-refractivity contribution is 5.59. The summed E-state index contributed by atoms with van der Waals surface area (Å²) < 4.78 is 0. The maximum Gasteiger partial charge on any atom is 0.142 e. The van der Waals surface area contributed by atoms with Gasteiger partial charge in [0, 0.05) is 6.54 Å². The third-order valence-electron chi connectivity index (χ3n) is 3.40. The van der Waals surface area contributed by atoms with E-state index < -0.39 is 0 Å². The van der Waals surface area contributed by atoms with Crippen molar-refractivity contribution in [1.82, 2.24) is 15.1 Å².